The molecule has 0 amide bonds. The van der Waals surface area contributed by atoms with E-state index in [0.717, 1.165) is 23.3 Å². The molecule has 0 bridgehead atoms. The molecule has 1 unspecified atom stereocenters. The van der Waals surface area contributed by atoms with E-state index in [0.29, 0.717) is 0 Å². The van der Waals surface area contributed by atoms with Crippen LogP contribution in [0.15, 0.2) is 35.6 Å². The first-order valence-electron chi connectivity index (χ1n) is 4.81. The molecule has 0 aliphatic carbocycles. The molecule has 1 heterocycles. The molecule has 3 nitrogen and oxygen atoms in total. The highest BCUT2D eigenvalue weighted by Gasteiger charge is 2.03. The Bertz CT molecular complexity index is 317. The summed E-state index contributed by atoms with van der Waals surface area (Å²) >= 11 is 3.34. The van der Waals surface area contributed by atoms with Gasteiger partial charge in [-0.1, -0.05) is 6.08 Å². The van der Waals surface area contributed by atoms with Crippen LogP contribution in [0.3, 0.4) is 0 Å². The molecule has 82 valence electrons. The molecule has 1 atom stereocenters. The van der Waals surface area contributed by atoms with Gasteiger partial charge in [-0.05, 0) is 28.9 Å². The van der Waals surface area contributed by atoms with Crippen LogP contribution in [0.5, 0.6) is 5.75 Å². The van der Waals surface area contributed by atoms with Crippen molar-refractivity contribution in [1.82, 2.24) is 10.3 Å². The Morgan fingerprint density at radius 1 is 1.67 bits per heavy atom. The van der Waals surface area contributed by atoms with Crippen molar-refractivity contribution in [3.63, 3.8) is 0 Å². The molecule has 0 saturated heterocycles. The van der Waals surface area contributed by atoms with E-state index in [9.17, 15) is 0 Å². The highest BCUT2D eigenvalue weighted by molar-refractivity contribution is 9.10. The molecule has 0 fully saturated rings. The minimum absolute atomic E-state index is 0.112. The maximum absolute atomic E-state index is 5.65. The number of nitrogens with one attached hydrogen (secondary N) is 1. The van der Waals surface area contributed by atoms with Crippen molar-refractivity contribution in [2.45, 2.75) is 13.0 Å². The van der Waals surface area contributed by atoms with Gasteiger partial charge in [-0.3, -0.25) is 4.98 Å². The van der Waals surface area contributed by atoms with Gasteiger partial charge >= 0.3 is 0 Å². The van der Waals surface area contributed by atoms with Crippen LogP contribution in [0, 0.1) is 0 Å². The van der Waals surface area contributed by atoms with Gasteiger partial charge in [0.25, 0.3) is 0 Å². The molecule has 15 heavy (non-hydrogen) atoms. The van der Waals surface area contributed by atoms with Crippen LogP contribution >= 0.6 is 15.9 Å². The van der Waals surface area contributed by atoms with Crippen molar-refractivity contribution in [2.24, 2.45) is 0 Å². The van der Waals surface area contributed by atoms with Crippen molar-refractivity contribution >= 4 is 15.9 Å². The van der Waals surface area contributed by atoms with Crippen LogP contribution in [-0.4, -0.2) is 24.2 Å². The molecule has 0 aliphatic rings. The number of rotatable bonds is 6. The third-order valence-electron chi connectivity index (χ3n) is 1.74. The number of halogens is 1. The van der Waals surface area contributed by atoms with E-state index in [-0.39, 0.29) is 6.10 Å². The summed E-state index contributed by atoms with van der Waals surface area (Å²) in [5.74, 6) is 0.775. The lowest BCUT2D eigenvalue weighted by atomic mass is 10.4. The highest BCUT2D eigenvalue weighted by Crippen LogP contribution is 2.16. The Labute approximate surface area is 98.7 Å². The molecule has 1 N–H and O–H groups in total. The number of ether oxygens (including phenoxy) is 1. The van der Waals surface area contributed by atoms with E-state index in [1.54, 1.807) is 12.4 Å². The average molecular weight is 271 g/mol. The molecule has 1 aromatic rings. The first-order chi connectivity index (χ1) is 7.22. The number of nitrogens with zero attached hydrogens (tertiary/aromatic N) is 1. The van der Waals surface area contributed by atoms with Crippen molar-refractivity contribution < 1.29 is 4.74 Å². The largest absolute Gasteiger partial charge is 0.488 e. The van der Waals surface area contributed by atoms with Crippen LogP contribution < -0.4 is 10.1 Å². The molecule has 1 aromatic heterocycles. The van der Waals surface area contributed by atoms with Gasteiger partial charge in [0.05, 0.1) is 6.20 Å². The maximum Gasteiger partial charge on any atom is 0.139 e. The number of hydrogen-bond acceptors (Lipinski definition) is 3. The molecule has 0 radical (unpaired) electrons. The fourth-order valence-electron chi connectivity index (χ4n) is 1.12. The minimum atomic E-state index is 0.112. The second kappa shape index (κ2) is 6.58. The normalized spacial score (nSPS) is 12.1. The van der Waals surface area contributed by atoms with Crippen LogP contribution in [-0.2, 0) is 0 Å². The Kier molecular flexibility index (Phi) is 5.36. The third-order valence-corrected chi connectivity index (χ3v) is 2.17. The van der Waals surface area contributed by atoms with Gasteiger partial charge < -0.3 is 10.1 Å². The lowest BCUT2D eigenvalue weighted by molar-refractivity contribution is 0.218. The number of pyridine rings is 1. The summed E-state index contributed by atoms with van der Waals surface area (Å²) in [5.41, 5.74) is 0. The highest BCUT2D eigenvalue weighted by atomic mass is 79.9. The van der Waals surface area contributed by atoms with Crippen molar-refractivity contribution in [1.29, 1.82) is 0 Å². The van der Waals surface area contributed by atoms with Gasteiger partial charge in [-0.25, -0.2) is 0 Å². The Balaban J connectivity index is 2.37. The van der Waals surface area contributed by atoms with Crippen molar-refractivity contribution in [3.05, 3.63) is 35.6 Å². The Morgan fingerprint density at radius 2 is 2.47 bits per heavy atom. The predicted octanol–water partition coefficient (Wildman–Crippen LogP) is 2.39. The van der Waals surface area contributed by atoms with Gasteiger partial charge in [-0.2, -0.15) is 0 Å². The van der Waals surface area contributed by atoms with Gasteiger partial charge in [0.2, 0.25) is 0 Å². The molecular formula is C11H15BrN2O. The van der Waals surface area contributed by atoms with E-state index >= 15 is 0 Å². The van der Waals surface area contributed by atoms with E-state index in [4.69, 9.17) is 4.74 Å². The van der Waals surface area contributed by atoms with Crippen LogP contribution in [0.1, 0.15) is 6.92 Å². The van der Waals surface area contributed by atoms with Crippen molar-refractivity contribution in [2.75, 3.05) is 13.1 Å². The fraction of sp³-hybridized carbons (Fsp3) is 0.364. The number of aromatic nitrogens is 1. The van der Waals surface area contributed by atoms with Gasteiger partial charge in [0.15, 0.2) is 0 Å². The zero-order valence-electron chi connectivity index (χ0n) is 8.74. The summed E-state index contributed by atoms with van der Waals surface area (Å²) in [6, 6.07) is 1.90. The molecule has 0 spiro atoms. The first-order valence-corrected chi connectivity index (χ1v) is 5.60. The fourth-order valence-corrected chi connectivity index (χ4v) is 1.46. The summed E-state index contributed by atoms with van der Waals surface area (Å²) in [6.45, 7) is 7.23. The second-order valence-electron chi connectivity index (χ2n) is 3.21. The minimum Gasteiger partial charge on any atom is -0.488 e. The van der Waals surface area contributed by atoms with Crippen LogP contribution in [0.2, 0.25) is 0 Å². The Hall–Kier alpha value is -0.870. The predicted molar refractivity (Wildman–Crippen MR) is 65.1 cm³/mol. The summed E-state index contributed by atoms with van der Waals surface area (Å²) in [5, 5.41) is 3.19. The maximum atomic E-state index is 5.65. The molecular weight excluding hydrogens is 256 g/mol. The van der Waals surface area contributed by atoms with Crippen molar-refractivity contribution in [3.8, 4) is 5.75 Å². The summed E-state index contributed by atoms with van der Waals surface area (Å²) in [4.78, 5) is 4.03. The molecule has 1 rings (SSSR count). The first kappa shape index (κ1) is 12.2. The van der Waals surface area contributed by atoms with Gasteiger partial charge in [-0.15, -0.1) is 6.58 Å². The quantitative estimate of drug-likeness (QED) is 0.637. The molecule has 0 saturated carbocycles. The van der Waals surface area contributed by atoms with Crippen LogP contribution in [0.25, 0.3) is 0 Å². The number of hydrogen-bond donors (Lipinski definition) is 1. The van der Waals surface area contributed by atoms with Gasteiger partial charge in [0, 0.05) is 23.8 Å². The molecule has 0 aromatic carbocycles. The Morgan fingerprint density at radius 3 is 3.13 bits per heavy atom. The summed E-state index contributed by atoms with van der Waals surface area (Å²) in [6.07, 6.45) is 5.37. The summed E-state index contributed by atoms with van der Waals surface area (Å²) < 4.78 is 6.57. The van der Waals surface area contributed by atoms with E-state index in [1.165, 1.54) is 0 Å². The molecule has 0 aliphatic heterocycles. The lowest BCUT2D eigenvalue weighted by Crippen LogP contribution is -2.28. The smallest absolute Gasteiger partial charge is 0.139 e. The second-order valence-corrected chi connectivity index (χ2v) is 4.13. The van der Waals surface area contributed by atoms with Crippen LogP contribution in [0.4, 0.5) is 0 Å². The summed E-state index contributed by atoms with van der Waals surface area (Å²) in [7, 11) is 0. The SMILES string of the molecule is C=CCNCC(C)Oc1cncc(Br)c1. The zero-order chi connectivity index (χ0) is 11.1. The van der Waals surface area contributed by atoms with E-state index in [1.807, 2.05) is 19.1 Å². The monoisotopic (exact) mass is 270 g/mol. The van der Waals surface area contributed by atoms with E-state index in [2.05, 4.69) is 32.8 Å². The topological polar surface area (TPSA) is 34.1 Å². The molecule has 4 heteroatoms. The third kappa shape index (κ3) is 4.95. The standard InChI is InChI=1S/C11H15BrN2O/c1-3-4-13-6-9(2)15-11-5-10(12)7-14-8-11/h3,5,7-9,13H,1,4,6H2,2H3. The zero-order valence-corrected chi connectivity index (χ0v) is 10.3. The average Bonchev–Trinajstić information content (AvgIpc) is 2.18. The lowest BCUT2D eigenvalue weighted by Gasteiger charge is -2.14. The van der Waals surface area contributed by atoms with Gasteiger partial charge in [0.1, 0.15) is 11.9 Å². The van der Waals surface area contributed by atoms with E-state index < -0.39 is 0 Å².